The Hall–Kier alpha value is -0.630. The number of hydrogen-bond donors (Lipinski definition) is 0. The summed E-state index contributed by atoms with van der Waals surface area (Å²) in [6, 6.07) is 0. The van der Waals surface area contributed by atoms with E-state index in [0.29, 0.717) is 0 Å². The maximum absolute atomic E-state index is 10.3. The Morgan fingerprint density at radius 2 is 1.77 bits per heavy atom. The number of rotatable bonds is 5. The van der Waals surface area contributed by atoms with Crippen molar-refractivity contribution in [1.82, 2.24) is 0 Å². The summed E-state index contributed by atoms with van der Waals surface area (Å²) in [7, 11) is 0. The smallest absolute Gasteiger partial charge is 1.00 e. The molecule has 0 heterocycles. The van der Waals surface area contributed by atoms with Gasteiger partial charge in [-0.25, -0.2) is 0 Å². The van der Waals surface area contributed by atoms with Crippen LogP contribution in [0.1, 0.15) is 55.3 Å². The van der Waals surface area contributed by atoms with E-state index in [0.717, 1.165) is 11.9 Å². The minimum absolute atomic E-state index is 0. The van der Waals surface area contributed by atoms with Gasteiger partial charge in [0.1, 0.15) is 6.29 Å². The molecular weight excluding hydrogens is 279 g/mol. The predicted octanol–water partition coefficient (Wildman–Crippen LogP) is 2.83. The topological polar surface area (TPSA) is 17.1 Å². The van der Waals surface area contributed by atoms with Crippen LogP contribution in [0.5, 0.6) is 0 Å². The fourth-order valence-electron chi connectivity index (χ4n) is 2.80. The maximum atomic E-state index is 10.3. The third-order valence-electron chi connectivity index (χ3n) is 4.10. The monoisotopic (exact) mass is 308 g/mol. The Bertz CT molecular complexity index is 534. The molecule has 116 valence electrons. The van der Waals surface area contributed by atoms with Crippen LogP contribution in [0.3, 0.4) is 0 Å². The van der Waals surface area contributed by atoms with Crippen LogP contribution in [-0.2, 0) is 4.79 Å². The van der Waals surface area contributed by atoms with Crippen molar-refractivity contribution in [3.63, 3.8) is 0 Å². The van der Waals surface area contributed by atoms with Gasteiger partial charge >= 0.3 is 29.6 Å². The van der Waals surface area contributed by atoms with Gasteiger partial charge in [0.15, 0.2) is 0 Å². The average molecular weight is 308 g/mol. The molecule has 0 aromatic carbocycles. The minimum Gasteiger partial charge on any atom is -1.00 e. The Morgan fingerprint density at radius 3 is 2.36 bits per heavy atom. The molecular formula is C20H29NaO. The number of allylic oxidation sites excluding steroid dienone is 10. The molecule has 0 spiro atoms. The van der Waals surface area contributed by atoms with Gasteiger partial charge in [-0.2, -0.15) is 0 Å². The van der Waals surface area contributed by atoms with Crippen LogP contribution in [-0.4, -0.2) is 6.29 Å². The maximum Gasteiger partial charge on any atom is 1.00 e. The summed E-state index contributed by atoms with van der Waals surface area (Å²) in [5, 5.41) is 0. The van der Waals surface area contributed by atoms with E-state index in [-0.39, 0.29) is 36.4 Å². The van der Waals surface area contributed by atoms with Gasteiger partial charge < -0.3 is 1.43 Å². The van der Waals surface area contributed by atoms with Gasteiger partial charge in [0, 0.05) is 0 Å². The van der Waals surface area contributed by atoms with Gasteiger partial charge in [-0.05, 0) is 62.7 Å². The molecule has 0 atom stereocenters. The second-order valence-electron chi connectivity index (χ2n) is 6.58. The van der Waals surface area contributed by atoms with E-state index in [1.54, 1.807) is 6.08 Å². The fraction of sp³-hybridized carbons (Fsp3) is 0.450. The molecule has 0 bridgehead atoms. The molecule has 2 heteroatoms. The second kappa shape index (κ2) is 10.2. The van der Waals surface area contributed by atoms with Crippen molar-refractivity contribution in [2.45, 2.75) is 53.9 Å². The molecule has 1 aliphatic rings. The molecule has 0 saturated carbocycles. The van der Waals surface area contributed by atoms with E-state index in [2.05, 4.69) is 45.9 Å². The summed E-state index contributed by atoms with van der Waals surface area (Å²) >= 11 is 0. The molecule has 0 radical (unpaired) electrons. The van der Waals surface area contributed by atoms with Crippen molar-refractivity contribution < 1.29 is 35.8 Å². The van der Waals surface area contributed by atoms with Crippen molar-refractivity contribution in [1.29, 1.82) is 0 Å². The standard InChI is InChI=1S/C20H28O.Na.H/c1-16(8-6-9-17(2)13-15-21)11-12-19-18(3)10-7-14-20(19,4)5;;/h6,8-9,11-13,15H,7,10,14H2,1-5H3;;/q;+1;-1/b9-6+,12-11+,16-8+,17-13+;;. The molecule has 22 heavy (non-hydrogen) atoms. The van der Waals surface area contributed by atoms with E-state index in [1.807, 2.05) is 19.1 Å². The van der Waals surface area contributed by atoms with Gasteiger partial charge in [0.05, 0.1) is 0 Å². The molecule has 1 rings (SSSR count). The zero-order chi connectivity index (χ0) is 15.9. The van der Waals surface area contributed by atoms with Gasteiger partial charge in [0.2, 0.25) is 0 Å². The molecule has 0 amide bonds. The molecule has 0 aliphatic heterocycles. The number of carbonyl (C=O) groups is 1. The predicted molar refractivity (Wildman–Crippen MR) is 93.3 cm³/mol. The summed E-state index contributed by atoms with van der Waals surface area (Å²) in [4.78, 5) is 10.3. The third-order valence-corrected chi connectivity index (χ3v) is 4.10. The quantitative estimate of drug-likeness (QED) is 0.330. The van der Waals surface area contributed by atoms with Crippen molar-refractivity contribution in [2.75, 3.05) is 0 Å². The third kappa shape index (κ3) is 7.09. The van der Waals surface area contributed by atoms with E-state index in [9.17, 15) is 4.79 Å². The molecule has 0 N–H and O–H groups in total. The summed E-state index contributed by atoms with van der Waals surface area (Å²) in [5.41, 5.74) is 5.48. The average Bonchev–Trinajstić information content (AvgIpc) is 2.37. The van der Waals surface area contributed by atoms with E-state index >= 15 is 0 Å². The van der Waals surface area contributed by atoms with Crippen molar-refractivity contribution in [2.24, 2.45) is 5.41 Å². The van der Waals surface area contributed by atoms with Gasteiger partial charge in [0.25, 0.3) is 0 Å². The Balaban J connectivity index is 0. The molecule has 0 unspecified atom stereocenters. The van der Waals surface area contributed by atoms with Gasteiger partial charge in [-0.3, -0.25) is 4.79 Å². The summed E-state index contributed by atoms with van der Waals surface area (Å²) in [6.45, 7) is 10.9. The first kappa shape index (κ1) is 21.4. The SMILES string of the molecule is CC1=C(/C=C/C(C)=C/C=C/C(C)=C/C=O)C(C)(C)CCC1.[H-].[Na+]. The molecule has 0 aromatic rings. The van der Waals surface area contributed by atoms with Crippen LogP contribution in [0.15, 0.2) is 58.7 Å². The van der Waals surface area contributed by atoms with Crippen LogP contribution in [0, 0.1) is 5.41 Å². The number of carbonyl (C=O) groups excluding carboxylic acids is 1. The molecule has 1 nitrogen and oxygen atoms in total. The normalized spacial score (nSPS) is 19.7. The summed E-state index contributed by atoms with van der Waals surface area (Å²) in [6.07, 6.45) is 16.6. The van der Waals surface area contributed by atoms with Crippen molar-refractivity contribution in [3.8, 4) is 0 Å². The fourth-order valence-corrected chi connectivity index (χ4v) is 2.80. The van der Waals surface area contributed by atoms with Crippen LogP contribution in [0.25, 0.3) is 0 Å². The summed E-state index contributed by atoms with van der Waals surface area (Å²) in [5.74, 6) is 0. The van der Waals surface area contributed by atoms with E-state index in [4.69, 9.17) is 0 Å². The Morgan fingerprint density at radius 1 is 1.14 bits per heavy atom. The zero-order valence-corrected chi connectivity index (χ0v) is 17.1. The minimum atomic E-state index is 0. The largest absolute Gasteiger partial charge is 1.00 e. The number of aldehydes is 1. The molecule has 0 aromatic heterocycles. The number of hydrogen-bond acceptors (Lipinski definition) is 1. The molecule has 0 saturated heterocycles. The summed E-state index contributed by atoms with van der Waals surface area (Å²) < 4.78 is 0. The second-order valence-corrected chi connectivity index (χ2v) is 6.58. The Labute approximate surface area is 159 Å². The molecule has 1 aliphatic carbocycles. The van der Waals surface area contributed by atoms with Crippen LogP contribution in [0.2, 0.25) is 0 Å². The first-order valence-electron chi connectivity index (χ1n) is 7.72. The van der Waals surface area contributed by atoms with Crippen LogP contribution >= 0.6 is 0 Å². The van der Waals surface area contributed by atoms with E-state index < -0.39 is 0 Å². The van der Waals surface area contributed by atoms with Crippen molar-refractivity contribution >= 4 is 6.29 Å². The van der Waals surface area contributed by atoms with Crippen molar-refractivity contribution in [3.05, 3.63) is 58.7 Å². The van der Waals surface area contributed by atoms with Crippen LogP contribution in [0.4, 0.5) is 0 Å². The van der Waals surface area contributed by atoms with Gasteiger partial charge in [-0.15, -0.1) is 0 Å². The van der Waals surface area contributed by atoms with Crippen LogP contribution < -0.4 is 29.6 Å². The van der Waals surface area contributed by atoms with Gasteiger partial charge in [-0.1, -0.05) is 55.4 Å². The first-order valence-corrected chi connectivity index (χ1v) is 7.72. The Kier molecular flexibility index (Phi) is 9.91. The molecule has 0 fully saturated rings. The first-order chi connectivity index (χ1) is 9.86. The van der Waals surface area contributed by atoms with E-state index in [1.165, 1.54) is 36.0 Å². The zero-order valence-electron chi connectivity index (χ0n) is 16.1.